The van der Waals surface area contributed by atoms with Crippen LogP contribution in [0.25, 0.3) is 49.4 Å². The molecule has 0 N–H and O–H groups in total. The molecule has 2 aliphatic rings. The quantitative estimate of drug-likeness (QED) is 0.191. The first-order valence-electron chi connectivity index (χ1n) is 17.0. The van der Waals surface area contributed by atoms with Gasteiger partial charge >= 0.3 is 0 Å². The van der Waals surface area contributed by atoms with Crippen molar-refractivity contribution >= 4 is 49.6 Å². The van der Waals surface area contributed by atoms with Crippen LogP contribution in [0.4, 0.5) is 17.1 Å². The fourth-order valence-corrected chi connectivity index (χ4v) is 8.79. The zero-order valence-corrected chi connectivity index (χ0v) is 27.8. The van der Waals surface area contributed by atoms with Crippen LogP contribution in [-0.4, -0.2) is 4.57 Å². The van der Waals surface area contributed by atoms with Crippen LogP contribution >= 0.6 is 0 Å². The fraction of sp³-hybridized carbons (Fsp3) is 0.130. The number of hydrogen-bond acceptors (Lipinski definition) is 1. The minimum atomic E-state index is -0.181. The molecule has 0 saturated heterocycles. The molecule has 0 atom stereocenters. The summed E-state index contributed by atoms with van der Waals surface area (Å²) in [6, 6.07) is 54.0. The largest absolute Gasteiger partial charge is 0.310 e. The lowest BCUT2D eigenvalue weighted by molar-refractivity contribution is 0.593. The Morgan fingerprint density at radius 1 is 0.417 bits per heavy atom. The van der Waals surface area contributed by atoms with Crippen LogP contribution in [0.15, 0.2) is 146 Å². The van der Waals surface area contributed by atoms with E-state index in [-0.39, 0.29) is 10.8 Å². The Hall–Kier alpha value is -5.60. The number of nitrogens with zero attached hydrogens (tertiary/aromatic N) is 2. The third kappa shape index (κ3) is 3.58. The van der Waals surface area contributed by atoms with Crippen molar-refractivity contribution in [1.82, 2.24) is 4.57 Å². The molecular weight excluding hydrogens is 581 g/mol. The van der Waals surface area contributed by atoms with Crippen molar-refractivity contribution < 1.29 is 0 Å². The lowest BCUT2D eigenvalue weighted by atomic mass is 9.68. The second-order valence-electron chi connectivity index (χ2n) is 14.7. The van der Waals surface area contributed by atoms with E-state index in [0.717, 1.165) is 11.4 Å². The SMILES string of the molecule is CC1(C)c2cccc3c2-n2c4c1cccc4c1cc(N(c4ccccc4)c4ccc(-c5ccc6ccccc6c5)cc4)cc(c12)C3(C)C. The van der Waals surface area contributed by atoms with Gasteiger partial charge in [-0.3, -0.25) is 0 Å². The van der Waals surface area contributed by atoms with Crippen LogP contribution in [0.5, 0.6) is 0 Å². The zero-order valence-electron chi connectivity index (χ0n) is 27.8. The van der Waals surface area contributed by atoms with Gasteiger partial charge in [-0.2, -0.15) is 0 Å². The van der Waals surface area contributed by atoms with Crippen molar-refractivity contribution in [2.24, 2.45) is 0 Å². The van der Waals surface area contributed by atoms with Gasteiger partial charge in [-0.1, -0.05) is 131 Å². The molecule has 1 aromatic heterocycles. The molecule has 8 aromatic rings. The average molecular weight is 617 g/mol. The van der Waals surface area contributed by atoms with Gasteiger partial charge in [-0.15, -0.1) is 0 Å². The summed E-state index contributed by atoms with van der Waals surface area (Å²) in [7, 11) is 0. The maximum absolute atomic E-state index is 2.60. The van der Waals surface area contributed by atoms with Crippen molar-refractivity contribution in [2.45, 2.75) is 38.5 Å². The van der Waals surface area contributed by atoms with E-state index in [9.17, 15) is 0 Å². The molecule has 2 nitrogen and oxygen atoms in total. The Morgan fingerprint density at radius 2 is 1.02 bits per heavy atom. The summed E-state index contributed by atoms with van der Waals surface area (Å²) in [5.41, 5.74) is 15.3. The van der Waals surface area contributed by atoms with Crippen molar-refractivity contribution in [2.75, 3.05) is 4.90 Å². The van der Waals surface area contributed by atoms with E-state index in [1.165, 1.54) is 77.3 Å². The van der Waals surface area contributed by atoms with E-state index in [4.69, 9.17) is 0 Å². The molecule has 3 heterocycles. The standard InChI is InChI=1S/C46H36N2/c1-45(2)38-17-10-16-36-37-27-35(28-41-43(37)48(42(36)38)44-39(45)18-11-19-40(44)46(41,3)4)47(33-14-6-5-7-15-33)34-24-22-30(23-25-34)32-21-20-29-12-8-9-13-31(29)26-32/h5-28H,1-4H3. The Labute approximate surface area is 281 Å². The van der Waals surface area contributed by atoms with Crippen LogP contribution in [0.2, 0.25) is 0 Å². The highest BCUT2D eigenvalue weighted by atomic mass is 15.1. The lowest BCUT2D eigenvalue weighted by Gasteiger charge is -2.42. The molecule has 0 bridgehead atoms. The van der Waals surface area contributed by atoms with E-state index in [1.54, 1.807) is 0 Å². The van der Waals surface area contributed by atoms with Crippen molar-refractivity contribution in [3.05, 3.63) is 168 Å². The number of rotatable bonds is 4. The smallest absolute Gasteiger partial charge is 0.0583 e. The second-order valence-corrected chi connectivity index (χ2v) is 14.7. The third-order valence-corrected chi connectivity index (χ3v) is 11.3. The minimum absolute atomic E-state index is 0.0888. The maximum atomic E-state index is 2.60. The molecule has 0 radical (unpaired) electrons. The van der Waals surface area contributed by atoms with Gasteiger partial charge in [0.1, 0.15) is 0 Å². The van der Waals surface area contributed by atoms with Gasteiger partial charge in [-0.05, 0) is 86.6 Å². The van der Waals surface area contributed by atoms with Gasteiger partial charge < -0.3 is 9.47 Å². The van der Waals surface area contributed by atoms with Crippen LogP contribution in [0.1, 0.15) is 49.9 Å². The molecule has 0 saturated carbocycles. The molecule has 0 fully saturated rings. The van der Waals surface area contributed by atoms with E-state index >= 15 is 0 Å². The summed E-state index contributed by atoms with van der Waals surface area (Å²) >= 11 is 0. The molecule has 0 aliphatic carbocycles. The molecule has 10 rings (SSSR count). The van der Waals surface area contributed by atoms with Crippen molar-refractivity contribution in [1.29, 1.82) is 0 Å². The number of hydrogen-bond donors (Lipinski definition) is 0. The topological polar surface area (TPSA) is 8.17 Å². The summed E-state index contributed by atoms with van der Waals surface area (Å²) in [5.74, 6) is 0. The van der Waals surface area contributed by atoms with E-state index < -0.39 is 0 Å². The molecule has 230 valence electrons. The molecular formula is C46H36N2. The summed E-state index contributed by atoms with van der Waals surface area (Å²) in [5, 5.41) is 5.18. The van der Waals surface area contributed by atoms with Crippen molar-refractivity contribution in [3.8, 4) is 16.8 Å². The highest BCUT2D eigenvalue weighted by molar-refractivity contribution is 6.15. The van der Waals surface area contributed by atoms with Crippen LogP contribution in [0.3, 0.4) is 0 Å². The molecule has 2 aliphatic heterocycles. The summed E-state index contributed by atoms with van der Waals surface area (Å²) in [6.45, 7) is 9.61. The molecule has 7 aromatic carbocycles. The van der Waals surface area contributed by atoms with Crippen LogP contribution in [0, 0.1) is 0 Å². The van der Waals surface area contributed by atoms with Gasteiger partial charge in [0.15, 0.2) is 0 Å². The Morgan fingerprint density at radius 3 is 1.79 bits per heavy atom. The fourth-order valence-electron chi connectivity index (χ4n) is 8.79. The van der Waals surface area contributed by atoms with E-state index in [0.29, 0.717) is 0 Å². The minimum Gasteiger partial charge on any atom is -0.310 e. The number of anilines is 3. The van der Waals surface area contributed by atoms with Crippen molar-refractivity contribution in [3.63, 3.8) is 0 Å². The van der Waals surface area contributed by atoms with Gasteiger partial charge in [0.2, 0.25) is 0 Å². The summed E-state index contributed by atoms with van der Waals surface area (Å²) in [4.78, 5) is 2.43. The number of para-hydroxylation sites is 3. The predicted octanol–water partition coefficient (Wildman–Crippen LogP) is 12.4. The maximum Gasteiger partial charge on any atom is 0.0583 e. The second kappa shape index (κ2) is 9.49. The molecule has 0 spiro atoms. The first-order chi connectivity index (χ1) is 23.3. The van der Waals surface area contributed by atoms with Crippen LogP contribution < -0.4 is 4.90 Å². The van der Waals surface area contributed by atoms with Gasteiger partial charge in [0, 0.05) is 38.7 Å². The molecule has 48 heavy (non-hydrogen) atoms. The summed E-state index contributed by atoms with van der Waals surface area (Å²) in [6.07, 6.45) is 0. The molecule has 0 amide bonds. The third-order valence-electron chi connectivity index (χ3n) is 11.3. The molecule has 0 unspecified atom stereocenters. The zero-order chi connectivity index (χ0) is 32.4. The Balaban J connectivity index is 1.22. The lowest BCUT2D eigenvalue weighted by Crippen LogP contribution is -2.33. The summed E-state index contributed by atoms with van der Waals surface area (Å²) < 4.78 is 2.60. The number of benzene rings is 7. The first kappa shape index (κ1) is 27.5. The highest BCUT2D eigenvalue weighted by Gasteiger charge is 2.43. The predicted molar refractivity (Wildman–Crippen MR) is 203 cm³/mol. The van der Waals surface area contributed by atoms with Gasteiger partial charge in [-0.25, -0.2) is 0 Å². The average Bonchev–Trinajstić information content (AvgIpc) is 3.45. The Kier molecular flexibility index (Phi) is 5.44. The normalized spacial score (nSPS) is 15.0. The first-order valence-corrected chi connectivity index (χ1v) is 17.0. The number of fused-ring (bicyclic) bond motifs is 2. The van der Waals surface area contributed by atoms with Gasteiger partial charge in [0.25, 0.3) is 0 Å². The van der Waals surface area contributed by atoms with E-state index in [1.807, 2.05) is 0 Å². The van der Waals surface area contributed by atoms with Gasteiger partial charge in [0.05, 0.1) is 16.7 Å². The number of aromatic nitrogens is 1. The monoisotopic (exact) mass is 616 g/mol. The van der Waals surface area contributed by atoms with Crippen LogP contribution in [-0.2, 0) is 10.8 Å². The van der Waals surface area contributed by atoms with E-state index in [2.05, 4.69) is 183 Å². The highest BCUT2D eigenvalue weighted by Crippen LogP contribution is 2.56. The Bertz CT molecular complexity index is 2600. The molecule has 2 heteroatoms.